The Morgan fingerprint density at radius 1 is 0.345 bits per heavy atom. The van der Waals surface area contributed by atoms with Gasteiger partial charge in [0.2, 0.25) is 0 Å². The van der Waals surface area contributed by atoms with Gasteiger partial charge in [-0.05, 0) is 78.4 Å². The van der Waals surface area contributed by atoms with Crippen molar-refractivity contribution in [3.8, 4) is 40.3 Å². The Kier molecular flexibility index (Phi) is 6.61. The van der Waals surface area contributed by atoms with Gasteiger partial charge in [-0.1, -0.05) is 103 Å². The number of nitriles is 2. The number of para-hydroxylation sites is 6. The van der Waals surface area contributed by atoms with Crippen molar-refractivity contribution in [3.05, 3.63) is 187 Å². The molecule has 0 saturated carbocycles. The molecule has 55 heavy (non-hydrogen) atoms. The van der Waals surface area contributed by atoms with E-state index in [2.05, 4.69) is 177 Å². The Hall–Kier alpha value is -7.86. The molecular formula is C50H29N5. The third-order valence-electron chi connectivity index (χ3n) is 11.1. The molecule has 3 heterocycles. The van der Waals surface area contributed by atoms with Crippen LogP contribution in [0.4, 0.5) is 0 Å². The molecular weight excluding hydrogens is 671 g/mol. The van der Waals surface area contributed by atoms with Crippen molar-refractivity contribution in [2.75, 3.05) is 0 Å². The first-order valence-electron chi connectivity index (χ1n) is 18.3. The van der Waals surface area contributed by atoms with Gasteiger partial charge < -0.3 is 13.7 Å². The Morgan fingerprint density at radius 3 is 1.49 bits per heavy atom. The average Bonchev–Trinajstić information content (AvgIpc) is 3.89. The molecule has 5 heteroatoms. The highest BCUT2D eigenvalue weighted by molar-refractivity contribution is 6.15. The Balaban J connectivity index is 1.22. The number of fused-ring (bicyclic) bond motifs is 9. The predicted molar refractivity (Wildman–Crippen MR) is 224 cm³/mol. The zero-order valence-electron chi connectivity index (χ0n) is 29.5. The van der Waals surface area contributed by atoms with Crippen LogP contribution in [-0.2, 0) is 0 Å². The first-order chi connectivity index (χ1) is 27.2. The molecule has 0 unspecified atom stereocenters. The zero-order valence-corrected chi connectivity index (χ0v) is 29.5. The maximum absolute atomic E-state index is 10.6. The number of rotatable bonds is 4. The topological polar surface area (TPSA) is 62.4 Å². The normalized spacial score (nSPS) is 11.6. The third-order valence-corrected chi connectivity index (χ3v) is 11.1. The molecule has 0 aliphatic heterocycles. The summed E-state index contributed by atoms with van der Waals surface area (Å²) < 4.78 is 6.98. The third kappa shape index (κ3) is 4.45. The molecule has 0 radical (unpaired) electrons. The van der Waals surface area contributed by atoms with Crippen molar-refractivity contribution in [3.63, 3.8) is 0 Å². The lowest BCUT2D eigenvalue weighted by Gasteiger charge is -2.17. The highest BCUT2D eigenvalue weighted by Gasteiger charge is 2.22. The molecule has 0 bridgehead atoms. The monoisotopic (exact) mass is 699 g/mol. The number of benzene rings is 8. The standard InChI is InChI=1S/C50H29N5/c51-30-32-24-25-48-42(28-32)40-16-5-10-22-47(40)55(48)49-23-11-17-41-39-15-4-7-19-44(39)53(50(41)49)35-27-33(31-52)26-34(29-35)36-12-1-6-18-43(36)54-45-20-8-2-13-37(45)38-14-3-9-21-46(38)54/h1-29H. The second-order valence-corrected chi connectivity index (χ2v) is 14.0. The quantitative estimate of drug-likeness (QED) is 0.184. The largest absolute Gasteiger partial charge is 0.309 e. The van der Waals surface area contributed by atoms with E-state index in [4.69, 9.17) is 0 Å². The molecule has 0 saturated heterocycles. The van der Waals surface area contributed by atoms with E-state index in [1.807, 2.05) is 24.3 Å². The Labute approximate surface area is 316 Å². The van der Waals surface area contributed by atoms with Crippen LogP contribution >= 0.6 is 0 Å². The summed E-state index contributed by atoms with van der Waals surface area (Å²) in [6.07, 6.45) is 0. The molecule has 0 atom stereocenters. The van der Waals surface area contributed by atoms with E-state index in [0.717, 1.165) is 82.8 Å². The maximum Gasteiger partial charge on any atom is 0.0992 e. The molecule has 0 N–H and O–H groups in total. The summed E-state index contributed by atoms with van der Waals surface area (Å²) in [5.74, 6) is 0. The van der Waals surface area contributed by atoms with Crippen molar-refractivity contribution >= 4 is 65.4 Å². The Morgan fingerprint density at radius 2 is 0.836 bits per heavy atom. The van der Waals surface area contributed by atoms with Gasteiger partial charge in [0, 0.05) is 43.6 Å². The number of nitrogens with zero attached hydrogens (tertiary/aromatic N) is 5. The van der Waals surface area contributed by atoms with Gasteiger partial charge in [0.15, 0.2) is 0 Å². The summed E-state index contributed by atoms with van der Waals surface area (Å²) in [7, 11) is 0. The van der Waals surface area contributed by atoms with Gasteiger partial charge in [0.05, 0.1) is 67.7 Å². The fraction of sp³-hybridized carbons (Fsp3) is 0. The fourth-order valence-electron chi connectivity index (χ4n) is 8.81. The predicted octanol–water partition coefficient (Wildman–Crippen LogP) is 12.4. The molecule has 8 aromatic carbocycles. The van der Waals surface area contributed by atoms with Crippen molar-refractivity contribution in [2.45, 2.75) is 0 Å². The summed E-state index contributed by atoms with van der Waals surface area (Å²) in [4.78, 5) is 0. The SMILES string of the molecule is N#Cc1cc(-c2ccccc2-n2c3ccccc3c3ccccc32)cc(-n2c3ccccc3c3cccc(-n4c5ccccc5c5cc(C#N)ccc54)c32)c1. The number of hydrogen-bond donors (Lipinski definition) is 0. The zero-order chi connectivity index (χ0) is 36.6. The van der Waals surface area contributed by atoms with Crippen LogP contribution in [0.2, 0.25) is 0 Å². The lowest BCUT2D eigenvalue weighted by molar-refractivity contribution is 1.13. The lowest BCUT2D eigenvalue weighted by atomic mass is 10.00. The van der Waals surface area contributed by atoms with Gasteiger partial charge >= 0.3 is 0 Å². The summed E-state index contributed by atoms with van der Waals surface area (Å²) >= 11 is 0. The van der Waals surface area contributed by atoms with E-state index in [1.54, 1.807) is 0 Å². The van der Waals surface area contributed by atoms with Crippen LogP contribution in [-0.4, -0.2) is 13.7 Å². The van der Waals surface area contributed by atoms with Crippen molar-refractivity contribution in [1.82, 2.24) is 13.7 Å². The molecule has 3 aromatic heterocycles. The van der Waals surface area contributed by atoms with Crippen LogP contribution in [0.15, 0.2) is 176 Å². The molecule has 0 aliphatic rings. The minimum absolute atomic E-state index is 0.578. The molecule has 5 nitrogen and oxygen atoms in total. The maximum atomic E-state index is 10.6. The molecule has 0 spiro atoms. The minimum Gasteiger partial charge on any atom is -0.309 e. The molecule has 11 aromatic rings. The highest BCUT2D eigenvalue weighted by Crippen LogP contribution is 2.42. The Bertz CT molecular complexity index is 3420. The van der Waals surface area contributed by atoms with Crippen molar-refractivity contribution < 1.29 is 0 Å². The summed E-state index contributed by atoms with van der Waals surface area (Å²) in [5, 5.41) is 27.2. The summed E-state index contributed by atoms with van der Waals surface area (Å²) in [6.45, 7) is 0. The van der Waals surface area contributed by atoms with Crippen molar-refractivity contribution in [2.24, 2.45) is 0 Å². The van der Waals surface area contributed by atoms with Gasteiger partial charge in [0.25, 0.3) is 0 Å². The molecule has 11 rings (SSSR count). The second kappa shape index (κ2) is 11.8. The molecule has 0 aliphatic carbocycles. The van der Waals surface area contributed by atoms with Gasteiger partial charge in [-0.3, -0.25) is 0 Å². The van der Waals surface area contributed by atoms with E-state index in [1.165, 1.54) is 10.8 Å². The van der Waals surface area contributed by atoms with Crippen LogP contribution in [0.3, 0.4) is 0 Å². The number of aromatic nitrogens is 3. The van der Waals surface area contributed by atoms with Gasteiger partial charge in [-0.25, -0.2) is 0 Å². The lowest BCUT2D eigenvalue weighted by Crippen LogP contribution is -2.02. The van der Waals surface area contributed by atoms with Crippen LogP contribution < -0.4 is 0 Å². The van der Waals surface area contributed by atoms with Gasteiger partial charge in [-0.2, -0.15) is 10.5 Å². The fourth-order valence-corrected chi connectivity index (χ4v) is 8.81. The van der Waals surface area contributed by atoms with Crippen LogP contribution in [0.25, 0.3) is 93.6 Å². The van der Waals surface area contributed by atoms with Crippen molar-refractivity contribution in [1.29, 1.82) is 10.5 Å². The summed E-state index contributed by atoms with van der Waals surface area (Å²) in [6, 6.07) is 66.0. The smallest absolute Gasteiger partial charge is 0.0992 e. The average molecular weight is 700 g/mol. The molecule has 0 fully saturated rings. The van der Waals surface area contributed by atoms with Crippen LogP contribution in [0.1, 0.15) is 11.1 Å². The van der Waals surface area contributed by atoms with Crippen LogP contribution in [0.5, 0.6) is 0 Å². The van der Waals surface area contributed by atoms with Crippen LogP contribution in [0, 0.1) is 22.7 Å². The van der Waals surface area contributed by atoms with E-state index >= 15 is 0 Å². The van der Waals surface area contributed by atoms with Gasteiger partial charge in [0.1, 0.15) is 0 Å². The second-order valence-electron chi connectivity index (χ2n) is 14.0. The van der Waals surface area contributed by atoms with E-state index < -0.39 is 0 Å². The first kappa shape index (κ1) is 30.7. The first-order valence-corrected chi connectivity index (χ1v) is 18.3. The van der Waals surface area contributed by atoms with E-state index in [0.29, 0.717) is 11.1 Å². The van der Waals surface area contributed by atoms with E-state index in [-0.39, 0.29) is 0 Å². The highest BCUT2D eigenvalue weighted by atomic mass is 15.1. The molecule has 254 valence electrons. The van der Waals surface area contributed by atoms with E-state index in [9.17, 15) is 10.5 Å². The minimum atomic E-state index is 0.578. The molecule has 0 amide bonds. The summed E-state index contributed by atoms with van der Waals surface area (Å²) in [5.41, 5.74) is 12.6. The number of hydrogen-bond acceptors (Lipinski definition) is 2. The van der Waals surface area contributed by atoms with Gasteiger partial charge in [-0.15, -0.1) is 0 Å².